The van der Waals surface area contributed by atoms with Gasteiger partial charge in [-0.05, 0) is 17.2 Å². The van der Waals surface area contributed by atoms with E-state index in [1.807, 2.05) is 6.07 Å². The highest BCUT2D eigenvalue weighted by Crippen LogP contribution is 2.27. The number of rotatable bonds is 5. The standard InChI is InChI=1S/C18H21N3O3/c22-18-7-6-16(12-17(18)21(23)24)14-20-10-8-19(9-11-20)13-15-4-2-1-3-5-15/h1-7,12,22H,8-11,13-14H2. The molecule has 0 radical (unpaired) electrons. The highest BCUT2D eigenvalue weighted by atomic mass is 16.6. The van der Waals surface area contributed by atoms with Crippen LogP contribution >= 0.6 is 0 Å². The van der Waals surface area contributed by atoms with Crippen molar-refractivity contribution >= 4 is 5.69 Å². The van der Waals surface area contributed by atoms with E-state index in [1.54, 1.807) is 6.07 Å². The average molecular weight is 327 g/mol. The van der Waals surface area contributed by atoms with Crippen LogP contribution < -0.4 is 0 Å². The smallest absolute Gasteiger partial charge is 0.311 e. The van der Waals surface area contributed by atoms with Gasteiger partial charge in [0.2, 0.25) is 0 Å². The molecule has 0 atom stereocenters. The van der Waals surface area contributed by atoms with Crippen LogP contribution in [0.15, 0.2) is 48.5 Å². The van der Waals surface area contributed by atoms with E-state index in [2.05, 4.69) is 34.1 Å². The third kappa shape index (κ3) is 4.10. The third-order valence-electron chi connectivity index (χ3n) is 4.36. The first-order chi connectivity index (χ1) is 11.6. The molecule has 0 saturated carbocycles. The summed E-state index contributed by atoms with van der Waals surface area (Å²) in [5.74, 6) is -0.281. The Morgan fingerprint density at radius 2 is 1.50 bits per heavy atom. The minimum Gasteiger partial charge on any atom is -0.502 e. The summed E-state index contributed by atoms with van der Waals surface area (Å²) < 4.78 is 0. The average Bonchev–Trinajstić information content (AvgIpc) is 2.59. The third-order valence-corrected chi connectivity index (χ3v) is 4.36. The molecule has 0 unspecified atom stereocenters. The number of phenolic OH excluding ortho intramolecular Hbond substituents is 1. The van der Waals surface area contributed by atoms with E-state index >= 15 is 0 Å². The summed E-state index contributed by atoms with van der Waals surface area (Å²) in [6.07, 6.45) is 0. The summed E-state index contributed by atoms with van der Waals surface area (Å²) in [5, 5.41) is 20.4. The van der Waals surface area contributed by atoms with Crippen molar-refractivity contribution in [3.05, 3.63) is 69.8 Å². The van der Waals surface area contributed by atoms with Gasteiger partial charge in [-0.25, -0.2) is 0 Å². The number of piperazine rings is 1. The van der Waals surface area contributed by atoms with Crippen LogP contribution in [0.25, 0.3) is 0 Å². The Kier molecular flexibility index (Phi) is 5.08. The zero-order valence-corrected chi connectivity index (χ0v) is 13.5. The van der Waals surface area contributed by atoms with E-state index in [-0.39, 0.29) is 11.4 Å². The Bertz CT molecular complexity index is 698. The summed E-state index contributed by atoms with van der Waals surface area (Å²) in [6, 6.07) is 15.0. The van der Waals surface area contributed by atoms with E-state index in [1.165, 1.54) is 17.7 Å². The molecule has 6 heteroatoms. The molecule has 24 heavy (non-hydrogen) atoms. The van der Waals surface area contributed by atoms with Crippen LogP contribution in [0.3, 0.4) is 0 Å². The predicted octanol–water partition coefficient (Wildman–Crippen LogP) is 2.62. The summed E-state index contributed by atoms with van der Waals surface area (Å²) in [7, 11) is 0. The topological polar surface area (TPSA) is 69.9 Å². The Balaban J connectivity index is 1.54. The molecule has 3 rings (SSSR count). The van der Waals surface area contributed by atoms with Crippen molar-refractivity contribution in [1.29, 1.82) is 0 Å². The Morgan fingerprint density at radius 1 is 0.917 bits per heavy atom. The van der Waals surface area contributed by atoms with Crippen LogP contribution in [0.2, 0.25) is 0 Å². The highest BCUT2D eigenvalue weighted by molar-refractivity contribution is 5.47. The molecule has 1 aliphatic heterocycles. The number of nitrogens with zero attached hydrogens (tertiary/aromatic N) is 3. The van der Waals surface area contributed by atoms with E-state index in [0.29, 0.717) is 6.54 Å². The van der Waals surface area contributed by atoms with E-state index in [9.17, 15) is 15.2 Å². The molecule has 1 saturated heterocycles. The van der Waals surface area contributed by atoms with Crippen molar-refractivity contribution in [1.82, 2.24) is 9.80 Å². The quantitative estimate of drug-likeness (QED) is 0.675. The van der Waals surface area contributed by atoms with Crippen molar-refractivity contribution in [3.63, 3.8) is 0 Å². The molecular weight excluding hydrogens is 306 g/mol. The number of nitro groups is 1. The first-order valence-corrected chi connectivity index (χ1v) is 8.07. The van der Waals surface area contributed by atoms with Crippen LogP contribution in [-0.2, 0) is 13.1 Å². The lowest BCUT2D eigenvalue weighted by molar-refractivity contribution is -0.385. The summed E-state index contributed by atoms with van der Waals surface area (Å²) in [4.78, 5) is 15.1. The number of nitro benzene ring substituents is 1. The lowest BCUT2D eigenvalue weighted by atomic mass is 10.1. The van der Waals surface area contributed by atoms with Crippen molar-refractivity contribution in [2.24, 2.45) is 0 Å². The van der Waals surface area contributed by atoms with Crippen molar-refractivity contribution in [2.75, 3.05) is 26.2 Å². The first-order valence-electron chi connectivity index (χ1n) is 8.07. The fraction of sp³-hybridized carbons (Fsp3) is 0.333. The monoisotopic (exact) mass is 327 g/mol. The molecule has 0 aliphatic carbocycles. The minimum atomic E-state index is -0.545. The maximum atomic E-state index is 10.9. The molecule has 1 aliphatic rings. The van der Waals surface area contributed by atoms with Gasteiger partial charge in [0.05, 0.1) is 4.92 Å². The number of hydrogen-bond donors (Lipinski definition) is 1. The van der Waals surface area contributed by atoms with Gasteiger partial charge in [0.25, 0.3) is 0 Å². The molecule has 1 fully saturated rings. The normalized spacial score (nSPS) is 16.2. The van der Waals surface area contributed by atoms with Crippen LogP contribution in [0, 0.1) is 10.1 Å². The van der Waals surface area contributed by atoms with E-state index in [4.69, 9.17) is 0 Å². The zero-order valence-electron chi connectivity index (χ0n) is 13.5. The molecule has 0 bridgehead atoms. The number of benzene rings is 2. The molecule has 6 nitrogen and oxygen atoms in total. The SMILES string of the molecule is O=[N+]([O-])c1cc(CN2CCN(Cc3ccccc3)CC2)ccc1O. The molecule has 2 aromatic carbocycles. The van der Waals surface area contributed by atoms with Gasteiger partial charge in [-0.3, -0.25) is 19.9 Å². The van der Waals surface area contributed by atoms with E-state index < -0.39 is 4.92 Å². The second-order valence-corrected chi connectivity index (χ2v) is 6.12. The largest absolute Gasteiger partial charge is 0.502 e. The van der Waals surface area contributed by atoms with Gasteiger partial charge in [0.1, 0.15) is 0 Å². The maximum absolute atomic E-state index is 10.9. The second kappa shape index (κ2) is 7.42. The maximum Gasteiger partial charge on any atom is 0.311 e. The summed E-state index contributed by atoms with van der Waals surface area (Å²) in [6.45, 7) is 5.45. The highest BCUT2D eigenvalue weighted by Gasteiger charge is 2.19. The van der Waals surface area contributed by atoms with E-state index in [0.717, 1.165) is 38.3 Å². The first kappa shape index (κ1) is 16.4. The lowest BCUT2D eigenvalue weighted by Crippen LogP contribution is -2.45. The molecule has 0 spiro atoms. The Labute approximate surface area is 141 Å². The molecule has 1 heterocycles. The van der Waals surface area contributed by atoms with Gasteiger partial charge < -0.3 is 5.11 Å². The van der Waals surface area contributed by atoms with Gasteiger partial charge in [-0.15, -0.1) is 0 Å². The molecule has 0 aromatic heterocycles. The molecule has 0 amide bonds. The van der Waals surface area contributed by atoms with Crippen LogP contribution in [0.5, 0.6) is 5.75 Å². The molecule has 126 valence electrons. The van der Waals surface area contributed by atoms with Crippen LogP contribution in [0.4, 0.5) is 5.69 Å². The molecule has 1 N–H and O–H groups in total. The number of aromatic hydroxyl groups is 1. The molecule has 2 aromatic rings. The lowest BCUT2D eigenvalue weighted by Gasteiger charge is -2.34. The predicted molar refractivity (Wildman–Crippen MR) is 91.8 cm³/mol. The van der Waals surface area contributed by atoms with Gasteiger partial charge in [-0.2, -0.15) is 0 Å². The van der Waals surface area contributed by atoms with Gasteiger partial charge in [-0.1, -0.05) is 36.4 Å². The van der Waals surface area contributed by atoms with Gasteiger partial charge in [0, 0.05) is 45.3 Å². The second-order valence-electron chi connectivity index (χ2n) is 6.12. The minimum absolute atomic E-state index is 0.227. The van der Waals surface area contributed by atoms with Crippen LogP contribution in [0.1, 0.15) is 11.1 Å². The van der Waals surface area contributed by atoms with Crippen molar-refractivity contribution < 1.29 is 10.0 Å². The number of hydrogen-bond acceptors (Lipinski definition) is 5. The Hall–Kier alpha value is -2.44. The molecular formula is C18H21N3O3. The summed E-state index contributed by atoms with van der Waals surface area (Å²) >= 11 is 0. The fourth-order valence-electron chi connectivity index (χ4n) is 3.02. The van der Waals surface area contributed by atoms with Crippen molar-refractivity contribution in [3.8, 4) is 5.75 Å². The zero-order chi connectivity index (χ0) is 16.9. The Morgan fingerprint density at radius 3 is 2.08 bits per heavy atom. The van der Waals surface area contributed by atoms with Gasteiger partial charge in [0.15, 0.2) is 5.75 Å². The van der Waals surface area contributed by atoms with Gasteiger partial charge >= 0.3 is 5.69 Å². The summed E-state index contributed by atoms with van der Waals surface area (Å²) in [5.41, 5.74) is 1.95. The fourth-order valence-corrected chi connectivity index (χ4v) is 3.02. The van der Waals surface area contributed by atoms with Crippen molar-refractivity contribution in [2.45, 2.75) is 13.1 Å². The number of phenols is 1. The van der Waals surface area contributed by atoms with Crippen LogP contribution in [-0.4, -0.2) is 46.0 Å².